The maximum absolute atomic E-state index is 5.90. The highest BCUT2D eigenvalue weighted by Crippen LogP contribution is 2.39. The highest BCUT2D eigenvalue weighted by molar-refractivity contribution is 7.80. The summed E-state index contributed by atoms with van der Waals surface area (Å²) in [6.45, 7) is 8.96. The van der Waals surface area contributed by atoms with E-state index in [1.165, 1.54) is 36.9 Å². The van der Waals surface area contributed by atoms with Gasteiger partial charge in [0, 0.05) is 24.3 Å². The molecule has 1 aromatic rings. The smallest absolute Gasteiger partial charge is 0.106 e. The number of rotatable bonds is 4. The van der Waals surface area contributed by atoms with Crippen LogP contribution in [0.15, 0.2) is 18.2 Å². The van der Waals surface area contributed by atoms with E-state index in [4.69, 9.17) is 18.0 Å². The minimum absolute atomic E-state index is 0.506. The van der Waals surface area contributed by atoms with E-state index in [1.807, 2.05) is 0 Å². The Bertz CT molecular complexity index is 482. The van der Waals surface area contributed by atoms with Gasteiger partial charge in [-0.25, -0.2) is 0 Å². The van der Waals surface area contributed by atoms with Gasteiger partial charge in [0.05, 0.1) is 0 Å². The number of benzene rings is 1. The lowest BCUT2D eigenvalue weighted by Gasteiger charge is -2.42. The van der Waals surface area contributed by atoms with E-state index >= 15 is 0 Å². The van der Waals surface area contributed by atoms with Crippen molar-refractivity contribution < 1.29 is 0 Å². The SMILES string of the molecule is CCC1(CC)CCN(c2ccc(C)cc2C(N)=S)CC1. The van der Waals surface area contributed by atoms with Crippen molar-refractivity contribution in [1.82, 2.24) is 0 Å². The van der Waals surface area contributed by atoms with Gasteiger partial charge >= 0.3 is 0 Å². The van der Waals surface area contributed by atoms with Crippen molar-refractivity contribution in [2.24, 2.45) is 11.1 Å². The molecule has 0 bridgehead atoms. The molecule has 20 heavy (non-hydrogen) atoms. The van der Waals surface area contributed by atoms with Crippen LogP contribution >= 0.6 is 12.2 Å². The molecule has 0 spiro atoms. The molecule has 1 aromatic carbocycles. The molecule has 0 saturated carbocycles. The van der Waals surface area contributed by atoms with Crippen LogP contribution in [-0.2, 0) is 0 Å². The summed E-state index contributed by atoms with van der Waals surface area (Å²) in [5.41, 5.74) is 9.90. The molecular weight excluding hydrogens is 264 g/mol. The van der Waals surface area contributed by atoms with Crippen LogP contribution in [0.3, 0.4) is 0 Å². The highest BCUT2D eigenvalue weighted by atomic mass is 32.1. The van der Waals surface area contributed by atoms with Gasteiger partial charge < -0.3 is 10.6 Å². The number of nitrogens with two attached hydrogens (primary N) is 1. The highest BCUT2D eigenvalue weighted by Gasteiger charge is 2.31. The minimum Gasteiger partial charge on any atom is -0.389 e. The lowest BCUT2D eigenvalue weighted by molar-refractivity contribution is 0.199. The summed E-state index contributed by atoms with van der Waals surface area (Å²) in [5, 5.41) is 0. The van der Waals surface area contributed by atoms with Gasteiger partial charge in [-0.1, -0.05) is 50.5 Å². The molecule has 1 aliphatic rings. The second-order valence-electron chi connectivity index (χ2n) is 6.08. The van der Waals surface area contributed by atoms with Gasteiger partial charge in [0.1, 0.15) is 4.99 Å². The van der Waals surface area contributed by atoms with Gasteiger partial charge in [-0.3, -0.25) is 0 Å². The minimum atomic E-state index is 0.506. The maximum atomic E-state index is 5.90. The zero-order valence-electron chi connectivity index (χ0n) is 12.9. The fraction of sp³-hybridized carbons (Fsp3) is 0.588. The van der Waals surface area contributed by atoms with Gasteiger partial charge in [-0.05, 0) is 37.3 Å². The molecule has 0 aromatic heterocycles. The van der Waals surface area contributed by atoms with Crippen molar-refractivity contribution in [3.8, 4) is 0 Å². The number of piperidine rings is 1. The van der Waals surface area contributed by atoms with Crippen LogP contribution in [0.4, 0.5) is 5.69 Å². The Morgan fingerprint density at radius 1 is 1.25 bits per heavy atom. The quantitative estimate of drug-likeness (QED) is 0.849. The molecule has 0 radical (unpaired) electrons. The number of thiocarbonyl (C=S) groups is 1. The molecule has 1 fully saturated rings. The summed E-state index contributed by atoms with van der Waals surface area (Å²) in [5.74, 6) is 0. The molecule has 2 nitrogen and oxygen atoms in total. The van der Waals surface area contributed by atoms with Gasteiger partial charge in [0.25, 0.3) is 0 Å². The largest absolute Gasteiger partial charge is 0.389 e. The van der Waals surface area contributed by atoms with E-state index in [9.17, 15) is 0 Å². The number of hydrogen-bond acceptors (Lipinski definition) is 2. The second kappa shape index (κ2) is 6.13. The third kappa shape index (κ3) is 2.98. The zero-order chi connectivity index (χ0) is 14.8. The Labute approximate surface area is 128 Å². The summed E-state index contributed by atoms with van der Waals surface area (Å²) in [4.78, 5) is 2.96. The van der Waals surface area contributed by atoms with Crippen LogP contribution in [0.5, 0.6) is 0 Å². The molecule has 2 rings (SSSR count). The van der Waals surface area contributed by atoms with Crippen LogP contribution in [-0.4, -0.2) is 18.1 Å². The van der Waals surface area contributed by atoms with Crippen molar-refractivity contribution in [3.63, 3.8) is 0 Å². The lowest BCUT2D eigenvalue weighted by Crippen LogP contribution is -2.40. The number of aryl methyl sites for hydroxylation is 1. The molecule has 3 heteroatoms. The number of hydrogen-bond donors (Lipinski definition) is 1. The van der Waals surface area contributed by atoms with Crippen molar-refractivity contribution in [1.29, 1.82) is 0 Å². The summed E-state index contributed by atoms with van der Waals surface area (Å²) in [7, 11) is 0. The average molecular weight is 290 g/mol. The molecule has 1 aliphatic heterocycles. The molecule has 110 valence electrons. The van der Waals surface area contributed by atoms with E-state index in [-0.39, 0.29) is 0 Å². The third-order valence-corrected chi connectivity index (χ3v) is 5.30. The normalized spacial score (nSPS) is 18.1. The monoisotopic (exact) mass is 290 g/mol. The first-order chi connectivity index (χ1) is 9.51. The summed E-state index contributed by atoms with van der Waals surface area (Å²) < 4.78 is 0. The Morgan fingerprint density at radius 3 is 2.35 bits per heavy atom. The van der Waals surface area contributed by atoms with Crippen LogP contribution in [0.1, 0.15) is 50.7 Å². The summed E-state index contributed by atoms with van der Waals surface area (Å²) in [6.07, 6.45) is 5.11. The van der Waals surface area contributed by atoms with Crippen molar-refractivity contribution in [3.05, 3.63) is 29.3 Å². The number of anilines is 1. The van der Waals surface area contributed by atoms with E-state index in [0.29, 0.717) is 10.4 Å². The van der Waals surface area contributed by atoms with Crippen molar-refractivity contribution in [2.75, 3.05) is 18.0 Å². The lowest BCUT2D eigenvalue weighted by atomic mass is 9.74. The molecule has 2 N–H and O–H groups in total. The van der Waals surface area contributed by atoms with Gasteiger partial charge in [-0.2, -0.15) is 0 Å². The molecule has 0 aliphatic carbocycles. The Morgan fingerprint density at radius 2 is 1.85 bits per heavy atom. The topological polar surface area (TPSA) is 29.3 Å². The number of nitrogens with zero attached hydrogens (tertiary/aromatic N) is 1. The van der Waals surface area contributed by atoms with Crippen LogP contribution in [0, 0.1) is 12.3 Å². The predicted molar refractivity (Wildman–Crippen MR) is 91.5 cm³/mol. The fourth-order valence-corrected chi connectivity index (χ4v) is 3.47. The first-order valence-electron chi connectivity index (χ1n) is 7.67. The Kier molecular flexibility index (Phi) is 4.69. The van der Waals surface area contributed by atoms with E-state index in [2.05, 4.69) is 43.9 Å². The van der Waals surface area contributed by atoms with E-state index in [1.54, 1.807) is 0 Å². The van der Waals surface area contributed by atoms with Crippen LogP contribution < -0.4 is 10.6 Å². The predicted octanol–water partition coefficient (Wildman–Crippen LogP) is 4.04. The fourth-order valence-electron chi connectivity index (χ4n) is 3.30. The Balaban J connectivity index is 2.21. The standard InChI is InChI=1S/C17H26N2S/c1-4-17(5-2)8-10-19(11-9-17)15-7-6-13(3)12-14(15)16(18)20/h6-7,12H,4-5,8-11H2,1-3H3,(H2,18,20). The van der Waals surface area contributed by atoms with Crippen molar-refractivity contribution in [2.45, 2.75) is 46.5 Å². The van der Waals surface area contributed by atoms with E-state index < -0.39 is 0 Å². The first kappa shape index (κ1) is 15.3. The molecule has 1 heterocycles. The maximum Gasteiger partial charge on any atom is 0.106 e. The molecular formula is C17H26N2S. The van der Waals surface area contributed by atoms with Crippen molar-refractivity contribution >= 4 is 22.9 Å². The zero-order valence-corrected chi connectivity index (χ0v) is 13.7. The molecule has 1 saturated heterocycles. The van der Waals surface area contributed by atoms with Gasteiger partial charge in [-0.15, -0.1) is 0 Å². The van der Waals surface area contributed by atoms with Crippen LogP contribution in [0.2, 0.25) is 0 Å². The second-order valence-corrected chi connectivity index (χ2v) is 6.52. The van der Waals surface area contributed by atoms with Gasteiger partial charge in [0.2, 0.25) is 0 Å². The molecule has 0 unspecified atom stereocenters. The molecule has 0 atom stereocenters. The summed E-state index contributed by atoms with van der Waals surface area (Å²) >= 11 is 5.22. The van der Waals surface area contributed by atoms with E-state index in [0.717, 1.165) is 18.7 Å². The van der Waals surface area contributed by atoms with Gasteiger partial charge in [0.15, 0.2) is 0 Å². The van der Waals surface area contributed by atoms with Crippen LogP contribution in [0.25, 0.3) is 0 Å². The average Bonchev–Trinajstić information content (AvgIpc) is 2.47. The first-order valence-corrected chi connectivity index (χ1v) is 8.07. The Hall–Kier alpha value is -1.09. The third-order valence-electron chi connectivity index (χ3n) is 5.08. The molecule has 0 amide bonds. The summed E-state index contributed by atoms with van der Waals surface area (Å²) in [6, 6.07) is 6.44.